The molecular formula is C13H18FN. The molecular weight excluding hydrogens is 189 g/mol. The number of hydrogen-bond donors (Lipinski definition) is 1. The van der Waals surface area contributed by atoms with Crippen molar-refractivity contribution in [1.82, 2.24) is 5.32 Å². The summed E-state index contributed by atoms with van der Waals surface area (Å²) < 4.78 is 13.3. The molecule has 2 rings (SSSR count). The summed E-state index contributed by atoms with van der Waals surface area (Å²) in [6.45, 7) is 5.10. The molecule has 0 spiro atoms. The highest BCUT2D eigenvalue weighted by Crippen LogP contribution is 2.47. The lowest BCUT2D eigenvalue weighted by atomic mass is 10.0. The average Bonchev–Trinajstić information content (AvgIpc) is 2.96. The fraction of sp³-hybridized carbons (Fsp3) is 0.538. The summed E-state index contributed by atoms with van der Waals surface area (Å²) in [6.07, 6.45) is 2.58. The maximum absolute atomic E-state index is 13.3. The van der Waals surface area contributed by atoms with E-state index in [2.05, 4.69) is 19.2 Å². The van der Waals surface area contributed by atoms with Gasteiger partial charge in [0.15, 0.2) is 0 Å². The van der Waals surface area contributed by atoms with Crippen molar-refractivity contribution < 1.29 is 4.39 Å². The van der Waals surface area contributed by atoms with Crippen molar-refractivity contribution in [3.63, 3.8) is 0 Å². The van der Waals surface area contributed by atoms with E-state index in [1.807, 2.05) is 12.1 Å². The first-order valence-electron chi connectivity index (χ1n) is 5.59. The lowest BCUT2D eigenvalue weighted by Crippen LogP contribution is -2.32. The maximum atomic E-state index is 13.3. The van der Waals surface area contributed by atoms with Crippen LogP contribution in [0.4, 0.5) is 4.39 Å². The molecule has 1 nitrogen and oxygen atoms in total. The predicted octanol–water partition coefficient (Wildman–Crippen LogP) is 3.10. The molecule has 1 aliphatic rings. The Hall–Kier alpha value is -0.890. The van der Waals surface area contributed by atoms with E-state index in [1.54, 1.807) is 6.07 Å². The topological polar surface area (TPSA) is 12.0 Å². The van der Waals surface area contributed by atoms with E-state index >= 15 is 0 Å². The molecule has 1 aromatic carbocycles. The summed E-state index contributed by atoms with van der Waals surface area (Å²) >= 11 is 0. The molecule has 1 fully saturated rings. The lowest BCUT2D eigenvalue weighted by molar-refractivity contribution is 0.377. The zero-order valence-electron chi connectivity index (χ0n) is 9.39. The SMILES string of the molecule is CC(NCc1ccccc1F)C1(C)CC1. The minimum absolute atomic E-state index is 0.113. The Morgan fingerprint density at radius 2 is 2.07 bits per heavy atom. The molecule has 0 aromatic heterocycles. The van der Waals surface area contributed by atoms with Gasteiger partial charge < -0.3 is 5.32 Å². The Labute approximate surface area is 90.7 Å². The minimum atomic E-state index is -0.113. The van der Waals surface area contributed by atoms with Gasteiger partial charge in [-0.15, -0.1) is 0 Å². The van der Waals surface area contributed by atoms with Gasteiger partial charge in [0.1, 0.15) is 5.82 Å². The van der Waals surface area contributed by atoms with Crippen LogP contribution in [-0.2, 0) is 6.54 Å². The highest BCUT2D eigenvalue weighted by Gasteiger charge is 2.42. The Morgan fingerprint density at radius 1 is 1.40 bits per heavy atom. The van der Waals surface area contributed by atoms with Crippen molar-refractivity contribution in [2.45, 2.75) is 39.3 Å². The van der Waals surface area contributed by atoms with Crippen molar-refractivity contribution in [2.75, 3.05) is 0 Å². The normalized spacial score (nSPS) is 19.9. The van der Waals surface area contributed by atoms with Gasteiger partial charge in [-0.3, -0.25) is 0 Å². The molecule has 15 heavy (non-hydrogen) atoms. The van der Waals surface area contributed by atoms with Crippen molar-refractivity contribution >= 4 is 0 Å². The van der Waals surface area contributed by atoms with E-state index < -0.39 is 0 Å². The number of benzene rings is 1. The zero-order chi connectivity index (χ0) is 10.9. The van der Waals surface area contributed by atoms with Gasteiger partial charge >= 0.3 is 0 Å². The molecule has 0 bridgehead atoms. The fourth-order valence-corrected chi connectivity index (χ4v) is 1.78. The molecule has 1 N–H and O–H groups in total. The van der Waals surface area contributed by atoms with E-state index in [1.165, 1.54) is 18.9 Å². The Kier molecular flexibility index (Phi) is 2.79. The summed E-state index contributed by atoms with van der Waals surface area (Å²) in [7, 11) is 0. The van der Waals surface area contributed by atoms with Crippen LogP contribution in [0.5, 0.6) is 0 Å². The molecule has 0 heterocycles. The molecule has 0 saturated heterocycles. The van der Waals surface area contributed by atoms with Gasteiger partial charge in [0.05, 0.1) is 0 Å². The van der Waals surface area contributed by atoms with Crippen LogP contribution in [0.25, 0.3) is 0 Å². The first kappa shape index (κ1) is 10.6. The third-order valence-corrected chi connectivity index (χ3v) is 3.64. The summed E-state index contributed by atoms with van der Waals surface area (Å²) in [5.41, 5.74) is 1.21. The quantitative estimate of drug-likeness (QED) is 0.800. The number of hydrogen-bond acceptors (Lipinski definition) is 1. The summed E-state index contributed by atoms with van der Waals surface area (Å²) in [5, 5.41) is 3.40. The summed E-state index contributed by atoms with van der Waals surface area (Å²) in [4.78, 5) is 0. The highest BCUT2D eigenvalue weighted by atomic mass is 19.1. The first-order valence-corrected chi connectivity index (χ1v) is 5.59. The summed E-state index contributed by atoms with van der Waals surface area (Å²) in [5.74, 6) is -0.113. The Bertz CT molecular complexity index is 344. The van der Waals surface area contributed by atoms with Crippen LogP contribution < -0.4 is 5.32 Å². The van der Waals surface area contributed by atoms with Crippen LogP contribution in [0.1, 0.15) is 32.3 Å². The second kappa shape index (κ2) is 3.93. The molecule has 2 heteroatoms. The van der Waals surface area contributed by atoms with Crippen molar-refractivity contribution in [3.8, 4) is 0 Å². The lowest BCUT2D eigenvalue weighted by Gasteiger charge is -2.20. The molecule has 1 unspecified atom stereocenters. The molecule has 0 amide bonds. The number of rotatable bonds is 4. The molecule has 1 aliphatic carbocycles. The van der Waals surface area contributed by atoms with Gasteiger partial charge in [0.2, 0.25) is 0 Å². The summed E-state index contributed by atoms with van der Waals surface area (Å²) in [6, 6.07) is 7.43. The third kappa shape index (κ3) is 2.37. The smallest absolute Gasteiger partial charge is 0.127 e. The van der Waals surface area contributed by atoms with Crippen LogP contribution in [0.3, 0.4) is 0 Å². The van der Waals surface area contributed by atoms with E-state index in [9.17, 15) is 4.39 Å². The van der Waals surface area contributed by atoms with Crippen LogP contribution in [-0.4, -0.2) is 6.04 Å². The van der Waals surface area contributed by atoms with Crippen molar-refractivity contribution in [2.24, 2.45) is 5.41 Å². The van der Waals surface area contributed by atoms with Crippen LogP contribution in [0.2, 0.25) is 0 Å². The third-order valence-electron chi connectivity index (χ3n) is 3.64. The van der Waals surface area contributed by atoms with Gasteiger partial charge in [-0.2, -0.15) is 0 Å². The van der Waals surface area contributed by atoms with E-state index in [0.717, 1.165) is 5.56 Å². The average molecular weight is 207 g/mol. The maximum Gasteiger partial charge on any atom is 0.127 e. The van der Waals surface area contributed by atoms with Gasteiger partial charge in [-0.25, -0.2) is 4.39 Å². The number of halogens is 1. The van der Waals surface area contributed by atoms with E-state index in [4.69, 9.17) is 0 Å². The van der Waals surface area contributed by atoms with Gasteiger partial charge in [0, 0.05) is 18.2 Å². The zero-order valence-corrected chi connectivity index (χ0v) is 9.39. The molecule has 0 radical (unpaired) electrons. The van der Waals surface area contributed by atoms with Gasteiger partial charge in [-0.1, -0.05) is 25.1 Å². The minimum Gasteiger partial charge on any atom is -0.310 e. The Morgan fingerprint density at radius 3 is 2.67 bits per heavy atom. The fourth-order valence-electron chi connectivity index (χ4n) is 1.78. The van der Waals surface area contributed by atoms with Crippen molar-refractivity contribution in [1.29, 1.82) is 0 Å². The molecule has 1 saturated carbocycles. The van der Waals surface area contributed by atoms with Gasteiger partial charge in [0.25, 0.3) is 0 Å². The Balaban J connectivity index is 1.90. The standard InChI is InChI=1S/C13H18FN/c1-10(13(2)7-8-13)15-9-11-5-3-4-6-12(11)14/h3-6,10,15H,7-9H2,1-2H3. The number of nitrogens with one attached hydrogen (secondary N) is 1. The first-order chi connectivity index (χ1) is 7.12. The van der Waals surface area contributed by atoms with Crippen LogP contribution in [0, 0.1) is 11.2 Å². The van der Waals surface area contributed by atoms with E-state index in [-0.39, 0.29) is 5.82 Å². The van der Waals surface area contributed by atoms with Crippen molar-refractivity contribution in [3.05, 3.63) is 35.6 Å². The second-order valence-electron chi connectivity index (χ2n) is 4.85. The van der Waals surface area contributed by atoms with Crippen LogP contribution in [0.15, 0.2) is 24.3 Å². The largest absolute Gasteiger partial charge is 0.310 e. The van der Waals surface area contributed by atoms with Gasteiger partial charge in [-0.05, 0) is 31.2 Å². The monoisotopic (exact) mass is 207 g/mol. The molecule has 1 atom stereocenters. The second-order valence-corrected chi connectivity index (χ2v) is 4.85. The van der Waals surface area contributed by atoms with E-state index in [0.29, 0.717) is 18.0 Å². The molecule has 0 aliphatic heterocycles. The molecule has 82 valence electrons. The predicted molar refractivity (Wildman–Crippen MR) is 60.0 cm³/mol. The highest BCUT2D eigenvalue weighted by molar-refractivity contribution is 5.17. The molecule has 1 aromatic rings. The van der Waals surface area contributed by atoms with Crippen LogP contribution >= 0.6 is 0 Å².